The lowest BCUT2D eigenvalue weighted by molar-refractivity contribution is -0.126. The lowest BCUT2D eigenvalue weighted by Crippen LogP contribution is -2.55. The van der Waals surface area contributed by atoms with Gasteiger partial charge in [-0.25, -0.2) is 0 Å². The highest BCUT2D eigenvalue weighted by atomic mass is 16.2. The Kier molecular flexibility index (Phi) is 4.39. The zero-order chi connectivity index (χ0) is 15.6. The van der Waals surface area contributed by atoms with Crippen molar-refractivity contribution in [2.24, 2.45) is 5.41 Å². The zero-order valence-corrected chi connectivity index (χ0v) is 13.7. The summed E-state index contributed by atoms with van der Waals surface area (Å²) in [6, 6.07) is 6.39. The molecule has 1 fully saturated rings. The van der Waals surface area contributed by atoms with Gasteiger partial charge in [0.15, 0.2) is 0 Å². The van der Waals surface area contributed by atoms with Gasteiger partial charge in [0.1, 0.15) is 0 Å². The van der Waals surface area contributed by atoms with Crippen LogP contribution in [-0.4, -0.2) is 25.0 Å². The molecule has 0 radical (unpaired) electrons. The maximum Gasteiger partial charge on any atom is 0.237 e. The molecule has 1 amide bonds. The van der Waals surface area contributed by atoms with Gasteiger partial charge in [0.2, 0.25) is 5.91 Å². The quantitative estimate of drug-likeness (QED) is 0.804. The van der Waals surface area contributed by atoms with E-state index in [1.54, 1.807) is 0 Å². The van der Waals surface area contributed by atoms with Crippen molar-refractivity contribution in [1.82, 2.24) is 10.6 Å². The fraction of sp³-hybridized carbons (Fsp3) is 0.611. The first kappa shape index (κ1) is 15.3. The van der Waals surface area contributed by atoms with Crippen molar-refractivity contribution < 1.29 is 4.79 Å². The van der Waals surface area contributed by atoms with E-state index in [4.69, 9.17) is 0 Å². The number of fused-ring (bicyclic) bond motifs is 1. The van der Waals surface area contributed by atoms with Gasteiger partial charge in [-0.3, -0.25) is 4.79 Å². The van der Waals surface area contributed by atoms with E-state index in [1.807, 2.05) is 0 Å². The van der Waals surface area contributed by atoms with E-state index in [0.717, 1.165) is 32.4 Å². The van der Waals surface area contributed by atoms with E-state index in [9.17, 15) is 4.79 Å². The van der Waals surface area contributed by atoms with Gasteiger partial charge in [0, 0.05) is 18.8 Å². The number of anilines is 1. The van der Waals surface area contributed by atoms with Crippen LogP contribution >= 0.6 is 0 Å². The van der Waals surface area contributed by atoms with Gasteiger partial charge < -0.3 is 16.0 Å². The van der Waals surface area contributed by atoms with Crippen molar-refractivity contribution in [3.05, 3.63) is 29.3 Å². The molecule has 2 aliphatic heterocycles. The van der Waals surface area contributed by atoms with E-state index >= 15 is 0 Å². The maximum absolute atomic E-state index is 12.5. The Morgan fingerprint density at radius 1 is 1.32 bits per heavy atom. The van der Waals surface area contributed by atoms with Gasteiger partial charge in [0.05, 0.1) is 6.04 Å². The summed E-state index contributed by atoms with van der Waals surface area (Å²) >= 11 is 0. The fourth-order valence-electron chi connectivity index (χ4n) is 3.59. The third-order valence-electron chi connectivity index (χ3n) is 4.96. The van der Waals surface area contributed by atoms with Crippen LogP contribution < -0.4 is 16.0 Å². The Bertz CT molecular complexity index is 553. The minimum atomic E-state index is -0.0828. The molecule has 1 unspecified atom stereocenters. The van der Waals surface area contributed by atoms with Crippen LogP contribution in [0, 0.1) is 5.41 Å². The van der Waals surface area contributed by atoms with Crippen molar-refractivity contribution in [3.63, 3.8) is 0 Å². The molecule has 0 bridgehead atoms. The summed E-state index contributed by atoms with van der Waals surface area (Å²) in [6.45, 7) is 6.96. The topological polar surface area (TPSA) is 53.2 Å². The average molecular weight is 301 g/mol. The molecule has 2 heterocycles. The number of piperidine rings is 1. The van der Waals surface area contributed by atoms with E-state index in [0.29, 0.717) is 6.54 Å². The van der Waals surface area contributed by atoms with Crippen molar-refractivity contribution in [1.29, 1.82) is 0 Å². The van der Waals surface area contributed by atoms with Crippen LogP contribution in [0.3, 0.4) is 0 Å². The Hall–Kier alpha value is -1.55. The van der Waals surface area contributed by atoms with Crippen molar-refractivity contribution >= 4 is 11.6 Å². The second kappa shape index (κ2) is 6.29. The highest BCUT2D eigenvalue weighted by molar-refractivity contribution is 5.82. The van der Waals surface area contributed by atoms with Crippen LogP contribution in [0.2, 0.25) is 0 Å². The third kappa shape index (κ3) is 3.27. The molecule has 4 nitrogen and oxygen atoms in total. The van der Waals surface area contributed by atoms with Crippen molar-refractivity contribution in [2.75, 3.05) is 18.4 Å². The van der Waals surface area contributed by atoms with E-state index in [2.05, 4.69) is 48.0 Å². The second-order valence-electron chi connectivity index (χ2n) is 7.22. The summed E-state index contributed by atoms with van der Waals surface area (Å²) in [5.74, 6) is 0.126. The standard InChI is InChI=1S/C18H27N3O/c1-18(2)8-4-10-20-16(18)17(22)21-12-13-6-7-15-14(11-13)5-3-9-19-15/h6-7,11,16,19-20H,3-5,8-10,12H2,1-2H3,(H,21,22). The first-order valence-electron chi connectivity index (χ1n) is 8.43. The SMILES string of the molecule is CC1(C)CCCNC1C(=O)NCc1ccc2c(c1)CCCN2. The Balaban J connectivity index is 1.61. The summed E-state index contributed by atoms with van der Waals surface area (Å²) in [4.78, 5) is 12.5. The molecule has 0 spiro atoms. The molecule has 120 valence electrons. The van der Waals surface area contributed by atoms with E-state index in [1.165, 1.54) is 23.2 Å². The molecule has 1 saturated heterocycles. The zero-order valence-electron chi connectivity index (χ0n) is 13.7. The largest absolute Gasteiger partial charge is 0.385 e. The molecule has 1 atom stereocenters. The van der Waals surface area contributed by atoms with Gasteiger partial charge >= 0.3 is 0 Å². The second-order valence-corrected chi connectivity index (χ2v) is 7.22. The van der Waals surface area contributed by atoms with Crippen LogP contribution in [-0.2, 0) is 17.8 Å². The Morgan fingerprint density at radius 3 is 3.00 bits per heavy atom. The number of amides is 1. The molecule has 3 N–H and O–H groups in total. The molecular weight excluding hydrogens is 274 g/mol. The smallest absolute Gasteiger partial charge is 0.237 e. The highest BCUT2D eigenvalue weighted by Crippen LogP contribution is 2.30. The van der Waals surface area contributed by atoms with Crippen LogP contribution in [0.4, 0.5) is 5.69 Å². The highest BCUT2D eigenvalue weighted by Gasteiger charge is 2.36. The first-order chi connectivity index (χ1) is 10.6. The first-order valence-corrected chi connectivity index (χ1v) is 8.43. The Labute approximate surface area is 133 Å². The molecule has 2 aliphatic rings. The van der Waals surface area contributed by atoms with Gasteiger partial charge in [-0.15, -0.1) is 0 Å². The molecule has 4 heteroatoms. The van der Waals surface area contributed by atoms with Crippen LogP contribution in [0.25, 0.3) is 0 Å². The molecule has 1 aromatic carbocycles. The van der Waals surface area contributed by atoms with Gasteiger partial charge in [0.25, 0.3) is 0 Å². The lowest BCUT2D eigenvalue weighted by Gasteiger charge is -2.38. The number of nitrogens with one attached hydrogen (secondary N) is 3. The van der Waals surface area contributed by atoms with Gasteiger partial charge in [-0.2, -0.15) is 0 Å². The lowest BCUT2D eigenvalue weighted by atomic mass is 9.77. The molecule has 3 rings (SSSR count). The van der Waals surface area contributed by atoms with Gasteiger partial charge in [-0.05, 0) is 54.8 Å². The molecule has 0 aromatic heterocycles. The number of hydrogen-bond acceptors (Lipinski definition) is 3. The summed E-state index contributed by atoms with van der Waals surface area (Å²) in [7, 11) is 0. The fourth-order valence-corrected chi connectivity index (χ4v) is 3.59. The van der Waals surface area contributed by atoms with E-state index < -0.39 is 0 Å². The van der Waals surface area contributed by atoms with Crippen LogP contribution in [0.1, 0.15) is 44.2 Å². The molecule has 0 saturated carbocycles. The number of aryl methyl sites for hydroxylation is 1. The number of benzene rings is 1. The Morgan fingerprint density at radius 2 is 2.18 bits per heavy atom. The van der Waals surface area contributed by atoms with Crippen LogP contribution in [0.15, 0.2) is 18.2 Å². The molecular formula is C18H27N3O. The summed E-state index contributed by atoms with van der Waals surface area (Å²) in [5.41, 5.74) is 3.83. The summed E-state index contributed by atoms with van der Waals surface area (Å²) < 4.78 is 0. The minimum Gasteiger partial charge on any atom is -0.385 e. The van der Waals surface area contributed by atoms with Gasteiger partial charge in [-0.1, -0.05) is 26.0 Å². The number of carbonyl (C=O) groups is 1. The van der Waals surface area contributed by atoms with Crippen molar-refractivity contribution in [3.8, 4) is 0 Å². The average Bonchev–Trinajstić information content (AvgIpc) is 2.52. The maximum atomic E-state index is 12.5. The number of carbonyl (C=O) groups excluding carboxylic acids is 1. The minimum absolute atomic E-state index is 0.0299. The predicted molar refractivity (Wildman–Crippen MR) is 89.9 cm³/mol. The number of rotatable bonds is 3. The molecule has 1 aromatic rings. The molecule has 0 aliphatic carbocycles. The number of hydrogen-bond donors (Lipinski definition) is 3. The predicted octanol–water partition coefficient (Wildman–Crippen LogP) is 2.44. The summed E-state index contributed by atoms with van der Waals surface area (Å²) in [6.07, 6.45) is 4.56. The van der Waals surface area contributed by atoms with E-state index in [-0.39, 0.29) is 17.4 Å². The molecule has 22 heavy (non-hydrogen) atoms. The third-order valence-corrected chi connectivity index (χ3v) is 4.96. The van der Waals surface area contributed by atoms with Crippen molar-refractivity contribution in [2.45, 2.75) is 52.1 Å². The normalized spacial score (nSPS) is 23.3. The monoisotopic (exact) mass is 301 g/mol. The van der Waals surface area contributed by atoms with Crippen LogP contribution in [0.5, 0.6) is 0 Å². The summed E-state index contributed by atoms with van der Waals surface area (Å²) in [5, 5.41) is 9.90.